The Kier molecular flexibility index (Phi) is 5.06. The Labute approximate surface area is 173 Å². The van der Waals surface area contributed by atoms with Gasteiger partial charge in [0.15, 0.2) is 23.4 Å². The highest BCUT2D eigenvalue weighted by atomic mass is 16.5. The average Bonchev–Trinajstić information content (AvgIpc) is 2.77. The molecule has 6 nitrogen and oxygen atoms in total. The summed E-state index contributed by atoms with van der Waals surface area (Å²) in [6.45, 7) is 0. The molecule has 2 N–H and O–H groups in total. The van der Waals surface area contributed by atoms with Crippen LogP contribution in [0.5, 0.6) is 28.7 Å². The van der Waals surface area contributed by atoms with Crippen molar-refractivity contribution >= 4 is 11.9 Å². The molecule has 0 bridgehead atoms. The molecule has 6 heteroatoms. The van der Waals surface area contributed by atoms with Gasteiger partial charge in [-0.05, 0) is 59.7 Å². The van der Waals surface area contributed by atoms with Crippen molar-refractivity contribution in [3.63, 3.8) is 0 Å². The lowest BCUT2D eigenvalue weighted by atomic mass is 9.89. The number of ether oxygens (including phenoxy) is 3. The first kappa shape index (κ1) is 19.4. The van der Waals surface area contributed by atoms with E-state index in [0.29, 0.717) is 28.4 Å². The van der Waals surface area contributed by atoms with Crippen LogP contribution >= 0.6 is 0 Å². The molecule has 0 saturated carbocycles. The van der Waals surface area contributed by atoms with Gasteiger partial charge in [0, 0.05) is 5.57 Å². The van der Waals surface area contributed by atoms with Gasteiger partial charge in [-0.15, -0.1) is 0 Å². The Morgan fingerprint density at radius 1 is 0.933 bits per heavy atom. The normalized spacial score (nSPS) is 16.7. The number of methoxy groups -OCH3 is 2. The maximum atomic E-state index is 13.3. The Morgan fingerprint density at radius 3 is 2.40 bits per heavy atom. The summed E-state index contributed by atoms with van der Waals surface area (Å²) < 4.78 is 16.5. The molecule has 1 atom stereocenters. The molecule has 0 radical (unpaired) electrons. The van der Waals surface area contributed by atoms with E-state index < -0.39 is 6.10 Å². The van der Waals surface area contributed by atoms with Gasteiger partial charge in [0.2, 0.25) is 0 Å². The third-order valence-electron chi connectivity index (χ3n) is 4.94. The van der Waals surface area contributed by atoms with Gasteiger partial charge in [-0.1, -0.05) is 18.2 Å². The third kappa shape index (κ3) is 3.55. The molecule has 1 unspecified atom stereocenters. The molecule has 3 aromatic rings. The van der Waals surface area contributed by atoms with Gasteiger partial charge in [0.25, 0.3) is 0 Å². The fourth-order valence-electron chi connectivity index (χ4n) is 3.39. The van der Waals surface area contributed by atoms with E-state index in [0.717, 1.165) is 5.56 Å². The highest BCUT2D eigenvalue weighted by Crippen LogP contribution is 2.41. The van der Waals surface area contributed by atoms with Crippen LogP contribution in [0.25, 0.3) is 6.08 Å². The van der Waals surface area contributed by atoms with E-state index in [4.69, 9.17) is 14.2 Å². The fraction of sp³-hybridized carbons (Fsp3) is 0.125. The lowest BCUT2D eigenvalue weighted by Crippen LogP contribution is -2.23. The number of phenols is 2. The van der Waals surface area contributed by atoms with Gasteiger partial charge in [-0.3, -0.25) is 4.79 Å². The zero-order valence-corrected chi connectivity index (χ0v) is 16.5. The molecule has 0 aliphatic carbocycles. The number of hydrogen-bond donors (Lipinski definition) is 2. The lowest BCUT2D eigenvalue weighted by molar-refractivity contribution is 0.0963. The molecule has 1 aliphatic rings. The van der Waals surface area contributed by atoms with Crippen LogP contribution in [0.2, 0.25) is 0 Å². The minimum absolute atomic E-state index is 0.00726. The van der Waals surface area contributed by atoms with Gasteiger partial charge in [-0.25, -0.2) is 0 Å². The molecule has 3 aromatic carbocycles. The second kappa shape index (κ2) is 7.83. The molecule has 1 aliphatic heterocycles. The van der Waals surface area contributed by atoms with Crippen molar-refractivity contribution in [2.24, 2.45) is 0 Å². The Bertz CT molecular complexity index is 1130. The number of phenolic OH excluding ortho intramolecular Hbond substituents is 2. The Balaban J connectivity index is 1.85. The molecular weight excluding hydrogens is 384 g/mol. The first-order valence-corrected chi connectivity index (χ1v) is 9.27. The van der Waals surface area contributed by atoms with E-state index in [9.17, 15) is 15.0 Å². The van der Waals surface area contributed by atoms with Gasteiger partial charge < -0.3 is 24.4 Å². The number of Topliss-reactive ketones (excluding diaryl/α,β-unsaturated/α-hetero) is 1. The van der Waals surface area contributed by atoms with Crippen molar-refractivity contribution in [2.75, 3.05) is 14.2 Å². The Hall–Kier alpha value is -3.93. The molecular formula is C24H20O6. The Morgan fingerprint density at radius 2 is 1.70 bits per heavy atom. The maximum Gasteiger partial charge on any atom is 0.196 e. The number of carbonyl (C=O) groups is 1. The van der Waals surface area contributed by atoms with Crippen molar-refractivity contribution < 1.29 is 29.2 Å². The van der Waals surface area contributed by atoms with Crippen molar-refractivity contribution in [3.05, 3.63) is 82.9 Å². The summed E-state index contributed by atoms with van der Waals surface area (Å²) in [6, 6.07) is 16.6. The summed E-state index contributed by atoms with van der Waals surface area (Å²) in [6.07, 6.45) is 1.05. The summed E-state index contributed by atoms with van der Waals surface area (Å²) >= 11 is 0. The second-order valence-electron chi connectivity index (χ2n) is 6.81. The molecule has 0 fully saturated rings. The van der Waals surface area contributed by atoms with Crippen LogP contribution < -0.4 is 14.2 Å². The van der Waals surface area contributed by atoms with Crippen LogP contribution in [0.1, 0.15) is 27.6 Å². The molecule has 0 amide bonds. The second-order valence-corrected chi connectivity index (χ2v) is 6.81. The zero-order chi connectivity index (χ0) is 21.3. The van der Waals surface area contributed by atoms with E-state index in [1.807, 2.05) is 12.1 Å². The molecule has 1 heterocycles. The van der Waals surface area contributed by atoms with Crippen LogP contribution in [-0.2, 0) is 0 Å². The van der Waals surface area contributed by atoms with Crippen LogP contribution in [0, 0.1) is 0 Å². The van der Waals surface area contributed by atoms with E-state index in [1.54, 1.807) is 43.5 Å². The summed E-state index contributed by atoms with van der Waals surface area (Å²) in [5.41, 5.74) is 2.13. The van der Waals surface area contributed by atoms with Gasteiger partial charge >= 0.3 is 0 Å². The minimum atomic E-state index is -0.653. The first-order chi connectivity index (χ1) is 14.5. The van der Waals surface area contributed by atoms with Gasteiger partial charge in [-0.2, -0.15) is 0 Å². The van der Waals surface area contributed by atoms with Crippen molar-refractivity contribution in [1.29, 1.82) is 0 Å². The molecule has 30 heavy (non-hydrogen) atoms. The van der Waals surface area contributed by atoms with E-state index in [2.05, 4.69) is 0 Å². The minimum Gasteiger partial charge on any atom is -0.508 e. The van der Waals surface area contributed by atoms with E-state index in [1.165, 1.54) is 25.3 Å². The van der Waals surface area contributed by atoms with Crippen LogP contribution in [0.4, 0.5) is 0 Å². The molecule has 152 valence electrons. The van der Waals surface area contributed by atoms with Crippen molar-refractivity contribution in [1.82, 2.24) is 0 Å². The molecule has 0 saturated heterocycles. The number of hydrogen-bond acceptors (Lipinski definition) is 6. The molecule has 0 aromatic heterocycles. The number of rotatable bonds is 4. The number of carbonyl (C=O) groups excluding carboxylic acids is 1. The number of benzene rings is 3. The topological polar surface area (TPSA) is 85.2 Å². The first-order valence-electron chi connectivity index (χ1n) is 9.27. The number of aromatic hydroxyl groups is 2. The maximum absolute atomic E-state index is 13.3. The molecule has 0 spiro atoms. The fourth-order valence-corrected chi connectivity index (χ4v) is 3.39. The number of ketones is 1. The summed E-state index contributed by atoms with van der Waals surface area (Å²) in [5, 5.41) is 19.7. The van der Waals surface area contributed by atoms with Crippen molar-refractivity contribution in [3.8, 4) is 28.7 Å². The largest absolute Gasteiger partial charge is 0.508 e. The summed E-state index contributed by atoms with van der Waals surface area (Å²) in [4.78, 5) is 13.3. The van der Waals surface area contributed by atoms with Crippen LogP contribution in [0.15, 0.2) is 66.2 Å². The van der Waals surface area contributed by atoms with Gasteiger partial charge in [0.1, 0.15) is 17.2 Å². The van der Waals surface area contributed by atoms with E-state index in [-0.39, 0.29) is 22.8 Å². The van der Waals surface area contributed by atoms with Crippen molar-refractivity contribution in [2.45, 2.75) is 6.10 Å². The lowest BCUT2D eigenvalue weighted by Gasteiger charge is -2.28. The van der Waals surface area contributed by atoms with Gasteiger partial charge in [0.05, 0.1) is 19.8 Å². The standard InChI is InChI=1S/C24H20O6/c1-28-17-7-4-15(5-8-17)24-19(11-14-3-9-20(26)22(12-14)29-2)23(27)18-13-16(25)6-10-21(18)30-24/h3-13,24-26H,1-2H3/b19-11-. The monoisotopic (exact) mass is 404 g/mol. The smallest absolute Gasteiger partial charge is 0.196 e. The quantitative estimate of drug-likeness (QED) is 0.622. The molecule has 4 rings (SSSR count). The highest BCUT2D eigenvalue weighted by molar-refractivity contribution is 6.14. The highest BCUT2D eigenvalue weighted by Gasteiger charge is 2.33. The predicted octanol–water partition coefficient (Wildman–Crippen LogP) is 4.52. The SMILES string of the molecule is COc1ccc(C2Oc3ccc(O)cc3C(=O)/C2=C/c2ccc(O)c(OC)c2)cc1. The summed E-state index contributed by atoms with van der Waals surface area (Å²) in [5.74, 6) is 1.14. The summed E-state index contributed by atoms with van der Waals surface area (Å²) in [7, 11) is 3.04. The average molecular weight is 404 g/mol. The third-order valence-corrected chi connectivity index (χ3v) is 4.94. The number of fused-ring (bicyclic) bond motifs is 1. The van der Waals surface area contributed by atoms with Crippen LogP contribution in [-0.4, -0.2) is 30.2 Å². The zero-order valence-electron chi connectivity index (χ0n) is 16.5. The van der Waals surface area contributed by atoms with E-state index >= 15 is 0 Å². The predicted molar refractivity (Wildman–Crippen MR) is 111 cm³/mol. The van der Waals surface area contributed by atoms with Crippen LogP contribution in [0.3, 0.4) is 0 Å².